The molecular weight excluding hydrogens is 690 g/mol. The van der Waals surface area contributed by atoms with E-state index in [1.807, 2.05) is 77.9 Å². The SMILES string of the molecule is CCN(CC)C(=O)COc1c(Br)cc(C2C(C(=O)Nc3cc(C)ccc3C)C(=O)CC(C)(O)C2C(=O)Nc2cc(C)ccc2C)cc1OC. The van der Waals surface area contributed by atoms with Gasteiger partial charge in [0.05, 0.1) is 23.1 Å². The first-order valence-electron chi connectivity index (χ1n) is 16.4. The van der Waals surface area contributed by atoms with E-state index in [9.17, 15) is 24.3 Å². The number of aryl methyl sites for hydroxylation is 4. The lowest BCUT2D eigenvalue weighted by atomic mass is 9.61. The number of likely N-dealkylation sites (N-methyl/N-ethyl adjacent to an activating group) is 1. The van der Waals surface area contributed by atoms with Gasteiger partial charge in [-0.15, -0.1) is 0 Å². The number of carbonyl (C=O) groups excluding carboxylic acids is 4. The standard InChI is InChI=1S/C38H46BrN3O7/c1-9-42(10-2)31(44)20-49-35-26(39)17-25(18-30(35)48-8)32-33(36(45)40-27-15-21(3)11-13-23(27)5)29(43)19-38(7,47)34(32)37(46)41-28-16-22(4)12-14-24(28)6/h11-18,32-34,47H,9-10,19-20H2,1-8H3,(H,40,45)(H,41,46). The summed E-state index contributed by atoms with van der Waals surface area (Å²) in [5.41, 5.74) is 3.16. The van der Waals surface area contributed by atoms with E-state index in [1.54, 1.807) is 17.0 Å². The second-order valence-electron chi connectivity index (χ2n) is 13.0. The summed E-state index contributed by atoms with van der Waals surface area (Å²) in [7, 11) is 1.43. The minimum atomic E-state index is -1.81. The Morgan fingerprint density at radius 3 is 2.00 bits per heavy atom. The van der Waals surface area contributed by atoms with Gasteiger partial charge in [-0.3, -0.25) is 19.2 Å². The van der Waals surface area contributed by atoms with Crippen LogP contribution in [0.25, 0.3) is 0 Å². The van der Waals surface area contributed by atoms with Gasteiger partial charge in [0.15, 0.2) is 18.1 Å². The third-order valence-corrected chi connectivity index (χ3v) is 9.82. The Bertz CT molecular complexity index is 1750. The number of amides is 3. The van der Waals surface area contributed by atoms with E-state index >= 15 is 0 Å². The number of aliphatic hydroxyl groups is 1. The summed E-state index contributed by atoms with van der Waals surface area (Å²) in [5.74, 6) is -5.09. The van der Waals surface area contributed by atoms with Crippen LogP contribution in [0.3, 0.4) is 0 Å². The predicted molar refractivity (Wildman–Crippen MR) is 193 cm³/mol. The molecule has 3 aromatic carbocycles. The number of halogens is 1. The van der Waals surface area contributed by atoms with E-state index in [0.717, 1.165) is 22.3 Å². The maximum absolute atomic E-state index is 14.3. The van der Waals surface area contributed by atoms with Crippen molar-refractivity contribution in [2.24, 2.45) is 11.8 Å². The van der Waals surface area contributed by atoms with Crippen LogP contribution in [-0.2, 0) is 19.2 Å². The minimum Gasteiger partial charge on any atom is -0.493 e. The lowest BCUT2D eigenvalue weighted by Gasteiger charge is -2.44. The number of ether oxygens (including phenoxy) is 2. The Hall–Kier alpha value is -4.22. The zero-order chi connectivity index (χ0) is 36.2. The topological polar surface area (TPSA) is 134 Å². The molecule has 1 aliphatic rings. The van der Waals surface area contributed by atoms with Gasteiger partial charge < -0.3 is 30.1 Å². The molecule has 4 rings (SSSR count). The highest BCUT2D eigenvalue weighted by atomic mass is 79.9. The van der Waals surface area contributed by atoms with Crippen molar-refractivity contribution in [3.8, 4) is 11.5 Å². The number of hydrogen-bond acceptors (Lipinski definition) is 7. The predicted octanol–water partition coefficient (Wildman–Crippen LogP) is 6.26. The molecule has 0 spiro atoms. The van der Waals surface area contributed by atoms with Crippen LogP contribution in [0.15, 0.2) is 53.0 Å². The molecule has 1 saturated carbocycles. The van der Waals surface area contributed by atoms with E-state index in [2.05, 4.69) is 26.6 Å². The number of benzene rings is 3. The first-order valence-corrected chi connectivity index (χ1v) is 17.2. The van der Waals surface area contributed by atoms with Crippen molar-refractivity contribution in [2.75, 3.05) is 37.4 Å². The molecule has 0 aliphatic heterocycles. The fourth-order valence-electron chi connectivity index (χ4n) is 6.53. The van der Waals surface area contributed by atoms with Gasteiger partial charge in [-0.05, 0) is 116 Å². The van der Waals surface area contributed by atoms with Gasteiger partial charge in [0.2, 0.25) is 11.8 Å². The fraction of sp³-hybridized carbons (Fsp3) is 0.421. The lowest BCUT2D eigenvalue weighted by molar-refractivity contribution is -0.151. The van der Waals surface area contributed by atoms with Crippen molar-refractivity contribution in [2.45, 2.75) is 66.4 Å². The molecule has 0 heterocycles. The molecule has 49 heavy (non-hydrogen) atoms. The van der Waals surface area contributed by atoms with Crippen LogP contribution < -0.4 is 20.1 Å². The zero-order valence-corrected chi connectivity index (χ0v) is 31.0. The Kier molecular flexibility index (Phi) is 11.9. The number of rotatable bonds is 11. The quantitative estimate of drug-likeness (QED) is 0.198. The number of nitrogens with zero attached hydrogens (tertiary/aromatic N) is 1. The molecule has 0 radical (unpaired) electrons. The summed E-state index contributed by atoms with van der Waals surface area (Å²) >= 11 is 3.55. The summed E-state index contributed by atoms with van der Waals surface area (Å²) in [6, 6.07) is 14.5. The maximum atomic E-state index is 14.3. The second-order valence-corrected chi connectivity index (χ2v) is 13.8. The van der Waals surface area contributed by atoms with Crippen molar-refractivity contribution < 1.29 is 33.8 Å². The average molecular weight is 737 g/mol. The van der Waals surface area contributed by atoms with Crippen molar-refractivity contribution in [3.63, 3.8) is 0 Å². The van der Waals surface area contributed by atoms with Crippen LogP contribution >= 0.6 is 15.9 Å². The first-order chi connectivity index (χ1) is 23.1. The van der Waals surface area contributed by atoms with Gasteiger partial charge in [0, 0.05) is 36.8 Å². The van der Waals surface area contributed by atoms with E-state index in [1.165, 1.54) is 14.0 Å². The zero-order valence-electron chi connectivity index (χ0n) is 29.4. The number of Topliss-reactive ketones (excluding diaryl/α,β-unsaturated/α-hetero) is 1. The molecule has 0 aromatic heterocycles. The summed E-state index contributed by atoms with van der Waals surface area (Å²) in [4.78, 5) is 56.9. The van der Waals surface area contributed by atoms with Crippen molar-refractivity contribution >= 4 is 50.8 Å². The average Bonchev–Trinajstić information content (AvgIpc) is 3.03. The molecule has 262 valence electrons. The highest BCUT2D eigenvalue weighted by Gasteiger charge is 2.56. The summed E-state index contributed by atoms with van der Waals surface area (Å²) in [5, 5.41) is 17.8. The smallest absolute Gasteiger partial charge is 0.260 e. The fourth-order valence-corrected chi connectivity index (χ4v) is 7.10. The number of nitrogens with one attached hydrogen (secondary N) is 2. The molecule has 0 bridgehead atoms. The van der Waals surface area contributed by atoms with Gasteiger partial charge >= 0.3 is 0 Å². The third-order valence-electron chi connectivity index (χ3n) is 9.23. The Morgan fingerprint density at radius 2 is 1.47 bits per heavy atom. The number of carbonyl (C=O) groups is 4. The molecule has 3 N–H and O–H groups in total. The Labute approximate surface area is 296 Å². The van der Waals surface area contributed by atoms with E-state index in [0.29, 0.717) is 34.5 Å². The van der Waals surface area contributed by atoms with Gasteiger partial charge in [-0.25, -0.2) is 0 Å². The van der Waals surface area contributed by atoms with Crippen LogP contribution in [0.1, 0.15) is 60.9 Å². The van der Waals surface area contributed by atoms with Gasteiger partial charge in [0.1, 0.15) is 11.7 Å². The third kappa shape index (κ3) is 8.33. The summed E-state index contributed by atoms with van der Waals surface area (Å²) in [6.07, 6.45) is -0.410. The minimum absolute atomic E-state index is 0.205. The molecule has 3 amide bonds. The van der Waals surface area contributed by atoms with Crippen LogP contribution in [0, 0.1) is 39.5 Å². The molecule has 4 atom stereocenters. The van der Waals surface area contributed by atoms with E-state index < -0.39 is 47.4 Å². The van der Waals surface area contributed by atoms with Crippen molar-refractivity contribution in [1.82, 2.24) is 4.90 Å². The molecule has 11 heteroatoms. The molecule has 4 unspecified atom stereocenters. The summed E-state index contributed by atoms with van der Waals surface area (Å²) in [6.45, 7) is 13.6. The van der Waals surface area contributed by atoms with Gasteiger partial charge in [-0.2, -0.15) is 0 Å². The molecule has 1 aliphatic carbocycles. The monoisotopic (exact) mass is 735 g/mol. The van der Waals surface area contributed by atoms with Crippen molar-refractivity contribution in [1.29, 1.82) is 0 Å². The number of methoxy groups -OCH3 is 1. The number of anilines is 2. The maximum Gasteiger partial charge on any atom is 0.260 e. The van der Waals surface area contributed by atoms with Crippen molar-refractivity contribution in [3.05, 3.63) is 80.8 Å². The second kappa shape index (κ2) is 15.6. The molecule has 0 saturated heterocycles. The van der Waals surface area contributed by atoms with E-state index in [4.69, 9.17) is 9.47 Å². The molecular formula is C38H46BrN3O7. The molecule has 3 aromatic rings. The summed E-state index contributed by atoms with van der Waals surface area (Å²) < 4.78 is 12.0. The highest BCUT2D eigenvalue weighted by molar-refractivity contribution is 9.10. The molecule has 1 fully saturated rings. The van der Waals surface area contributed by atoms with E-state index in [-0.39, 0.29) is 24.0 Å². The van der Waals surface area contributed by atoms with Crippen LogP contribution in [-0.4, -0.2) is 65.9 Å². The normalized spacial score (nSPS) is 20.4. The molecule has 10 nitrogen and oxygen atoms in total. The number of hydrogen-bond donors (Lipinski definition) is 3. The largest absolute Gasteiger partial charge is 0.493 e. The van der Waals surface area contributed by atoms with Crippen LogP contribution in [0.2, 0.25) is 0 Å². The van der Waals surface area contributed by atoms with Crippen LogP contribution in [0.4, 0.5) is 11.4 Å². The van der Waals surface area contributed by atoms with Gasteiger partial charge in [-0.1, -0.05) is 24.3 Å². The highest BCUT2D eigenvalue weighted by Crippen LogP contribution is 2.49. The Morgan fingerprint density at radius 1 is 0.918 bits per heavy atom. The first kappa shape index (κ1) is 37.6. The van der Waals surface area contributed by atoms with Crippen LogP contribution in [0.5, 0.6) is 11.5 Å². The Balaban J connectivity index is 1.85. The lowest BCUT2D eigenvalue weighted by Crippen LogP contribution is -2.56. The number of ketones is 1. The van der Waals surface area contributed by atoms with Gasteiger partial charge in [0.25, 0.3) is 5.91 Å².